The molecule has 0 unspecified atom stereocenters. The molecule has 6 heteroatoms. The molecule has 1 heterocycles. The number of esters is 1. The van der Waals surface area contributed by atoms with Crippen molar-refractivity contribution >= 4 is 23.3 Å². The molecule has 1 saturated heterocycles. The summed E-state index contributed by atoms with van der Waals surface area (Å²) < 4.78 is 17.9. The Morgan fingerprint density at radius 1 is 1.12 bits per heavy atom. The molecule has 1 aliphatic rings. The van der Waals surface area contributed by atoms with E-state index in [-0.39, 0.29) is 24.4 Å². The highest BCUT2D eigenvalue weighted by molar-refractivity contribution is 6.01. The van der Waals surface area contributed by atoms with Crippen LogP contribution in [0.5, 0.6) is 0 Å². The molecular weight excluding hydrogens is 337 g/mol. The van der Waals surface area contributed by atoms with Crippen LogP contribution < -0.4 is 4.90 Å². The van der Waals surface area contributed by atoms with Crippen LogP contribution in [0.15, 0.2) is 48.5 Å². The molecule has 0 aromatic heterocycles. The van der Waals surface area contributed by atoms with Crippen LogP contribution in [-0.2, 0) is 14.3 Å². The van der Waals surface area contributed by atoms with E-state index in [4.69, 9.17) is 4.74 Å². The van der Waals surface area contributed by atoms with Crippen molar-refractivity contribution in [3.05, 3.63) is 65.5 Å². The summed E-state index contributed by atoms with van der Waals surface area (Å²) >= 11 is 0. The second kappa shape index (κ2) is 7.47. The predicted molar refractivity (Wildman–Crippen MR) is 93.3 cm³/mol. The van der Waals surface area contributed by atoms with Gasteiger partial charge in [0.1, 0.15) is 5.82 Å². The highest BCUT2D eigenvalue weighted by Gasteiger charge is 2.36. The zero-order valence-electron chi connectivity index (χ0n) is 14.3. The first-order valence-corrected chi connectivity index (χ1v) is 8.26. The summed E-state index contributed by atoms with van der Waals surface area (Å²) in [4.78, 5) is 37.9. The van der Waals surface area contributed by atoms with Crippen LogP contribution in [-0.4, -0.2) is 30.8 Å². The van der Waals surface area contributed by atoms with E-state index in [9.17, 15) is 18.8 Å². The smallest absolute Gasteiger partial charge is 0.311 e. The number of nitrogens with zero attached hydrogens (tertiary/aromatic N) is 1. The fourth-order valence-corrected chi connectivity index (χ4v) is 2.81. The third kappa shape index (κ3) is 3.96. The first-order valence-electron chi connectivity index (χ1n) is 8.26. The molecule has 1 fully saturated rings. The maximum Gasteiger partial charge on any atom is 0.311 e. The molecule has 1 amide bonds. The van der Waals surface area contributed by atoms with Gasteiger partial charge >= 0.3 is 5.97 Å². The lowest BCUT2D eigenvalue weighted by atomic mass is 10.1. The Kier molecular flexibility index (Phi) is 5.11. The van der Waals surface area contributed by atoms with E-state index >= 15 is 0 Å². The van der Waals surface area contributed by atoms with E-state index < -0.39 is 30.1 Å². The largest absolute Gasteiger partial charge is 0.457 e. The minimum Gasteiger partial charge on any atom is -0.457 e. The van der Waals surface area contributed by atoms with Crippen LogP contribution in [0, 0.1) is 18.7 Å². The fourth-order valence-electron chi connectivity index (χ4n) is 2.81. The Bertz CT molecular complexity index is 830. The van der Waals surface area contributed by atoms with Crippen molar-refractivity contribution in [2.45, 2.75) is 13.3 Å². The van der Waals surface area contributed by atoms with Gasteiger partial charge in [0, 0.05) is 24.2 Å². The molecule has 0 radical (unpaired) electrons. The molecule has 3 rings (SSSR count). The van der Waals surface area contributed by atoms with Gasteiger partial charge < -0.3 is 9.64 Å². The molecule has 0 saturated carbocycles. The van der Waals surface area contributed by atoms with Crippen molar-refractivity contribution in [2.24, 2.45) is 5.92 Å². The average Bonchev–Trinajstić information content (AvgIpc) is 3.02. The summed E-state index contributed by atoms with van der Waals surface area (Å²) in [5.41, 5.74) is 2.08. The van der Waals surface area contributed by atoms with Crippen LogP contribution >= 0.6 is 0 Å². The summed E-state index contributed by atoms with van der Waals surface area (Å²) in [5.74, 6) is -2.20. The lowest BCUT2D eigenvalue weighted by Crippen LogP contribution is -2.27. The van der Waals surface area contributed by atoms with E-state index in [1.165, 1.54) is 24.3 Å². The van der Waals surface area contributed by atoms with Crippen LogP contribution in [0.1, 0.15) is 22.3 Å². The number of halogens is 1. The summed E-state index contributed by atoms with van der Waals surface area (Å²) in [7, 11) is 0. The topological polar surface area (TPSA) is 63.7 Å². The molecule has 1 atom stereocenters. The standard InChI is InChI=1S/C20H18FNO4/c1-13-2-8-17(9-3-13)22-11-15(10-19(22)24)20(25)26-12-18(23)14-4-6-16(21)7-5-14/h2-9,15H,10-12H2,1H3/t15-/m1/s1. The summed E-state index contributed by atoms with van der Waals surface area (Å²) in [6, 6.07) is 12.5. The third-order valence-corrected chi connectivity index (χ3v) is 4.32. The number of Topliss-reactive ketones (excluding diaryl/α,β-unsaturated/α-hetero) is 1. The highest BCUT2D eigenvalue weighted by atomic mass is 19.1. The maximum atomic E-state index is 12.9. The van der Waals surface area contributed by atoms with Crippen molar-refractivity contribution in [1.82, 2.24) is 0 Å². The minimum atomic E-state index is -0.607. The highest BCUT2D eigenvalue weighted by Crippen LogP contribution is 2.26. The number of ketones is 1. The Balaban J connectivity index is 1.57. The Morgan fingerprint density at radius 2 is 1.77 bits per heavy atom. The number of hydrogen-bond acceptors (Lipinski definition) is 4. The molecule has 0 bridgehead atoms. The minimum absolute atomic E-state index is 0.0530. The van der Waals surface area contributed by atoms with Gasteiger partial charge in [-0.15, -0.1) is 0 Å². The fraction of sp³-hybridized carbons (Fsp3) is 0.250. The monoisotopic (exact) mass is 355 g/mol. The van der Waals surface area contributed by atoms with Gasteiger partial charge in [-0.05, 0) is 43.3 Å². The first kappa shape index (κ1) is 17.8. The number of ether oxygens (including phenoxy) is 1. The van der Waals surface area contributed by atoms with Gasteiger partial charge in [-0.2, -0.15) is 0 Å². The number of anilines is 1. The van der Waals surface area contributed by atoms with Crippen molar-refractivity contribution in [1.29, 1.82) is 0 Å². The molecule has 0 aliphatic carbocycles. The maximum absolute atomic E-state index is 12.9. The van der Waals surface area contributed by atoms with Gasteiger partial charge in [0.25, 0.3) is 0 Å². The van der Waals surface area contributed by atoms with Gasteiger partial charge in [-0.25, -0.2) is 4.39 Å². The lowest BCUT2D eigenvalue weighted by Gasteiger charge is -2.16. The normalized spacial score (nSPS) is 16.6. The Morgan fingerprint density at radius 3 is 2.42 bits per heavy atom. The van der Waals surface area contributed by atoms with E-state index in [0.717, 1.165) is 11.3 Å². The van der Waals surface area contributed by atoms with Crippen molar-refractivity contribution in [3.63, 3.8) is 0 Å². The second-order valence-corrected chi connectivity index (χ2v) is 6.28. The van der Waals surface area contributed by atoms with Crippen molar-refractivity contribution < 1.29 is 23.5 Å². The van der Waals surface area contributed by atoms with Gasteiger partial charge in [-0.1, -0.05) is 17.7 Å². The van der Waals surface area contributed by atoms with Crippen LogP contribution in [0.4, 0.5) is 10.1 Å². The van der Waals surface area contributed by atoms with Crippen LogP contribution in [0.3, 0.4) is 0 Å². The van der Waals surface area contributed by atoms with E-state index in [1.807, 2.05) is 31.2 Å². The van der Waals surface area contributed by atoms with Crippen molar-refractivity contribution in [2.75, 3.05) is 18.1 Å². The number of rotatable bonds is 5. The molecular formula is C20H18FNO4. The van der Waals surface area contributed by atoms with Gasteiger partial charge in [-0.3, -0.25) is 14.4 Å². The zero-order chi connectivity index (χ0) is 18.7. The molecule has 0 spiro atoms. The van der Waals surface area contributed by atoms with Crippen LogP contribution in [0.25, 0.3) is 0 Å². The Labute approximate surface area is 150 Å². The van der Waals surface area contributed by atoms with E-state index in [0.29, 0.717) is 0 Å². The number of aryl methyl sites for hydroxylation is 1. The molecule has 0 N–H and O–H groups in total. The van der Waals surface area contributed by atoms with Crippen LogP contribution in [0.2, 0.25) is 0 Å². The number of carbonyl (C=O) groups is 3. The zero-order valence-corrected chi connectivity index (χ0v) is 14.3. The molecule has 5 nitrogen and oxygen atoms in total. The number of hydrogen-bond donors (Lipinski definition) is 0. The SMILES string of the molecule is Cc1ccc(N2C[C@H](C(=O)OCC(=O)c3ccc(F)cc3)CC2=O)cc1. The van der Waals surface area contributed by atoms with E-state index in [2.05, 4.69) is 0 Å². The van der Waals surface area contributed by atoms with Gasteiger partial charge in [0.05, 0.1) is 5.92 Å². The van der Waals surface area contributed by atoms with E-state index in [1.54, 1.807) is 4.90 Å². The van der Waals surface area contributed by atoms with Gasteiger partial charge in [0.15, 0.2) is 12.4 Å². The molecule has 26 heavy (non-hydrogen) atoms. The second-order valence-electron chi connectivity index (χ2n) is 6.28. The quantitative estimate of drug-likeness (QED) is 0.611. The number of benzene rings is 2. The molecule has 2 aromatic rings. The predicted octanol–water partition coefficient (Wildman–Crippen LogP) is 2.91. The summed E-state index contributed by atoms with van der Waals surface area (Å²) in [6.07, 6.45) is 0.0530. The molecule has 134 valence electrons. The third-order valence-electron chi connectivity index (χ3n) is 4.32. The summed E-state index contributed by atoms with van der Waals surface area (Å²) in [5, 5.41) is 0. The Hall–Kier alpha value is -3.02. The lowest BCUT2D eigenvalue weighted by molar-refractivity contribution is -0.147. The molecule has 1 aliphatic heterocycles. The first-order chi connectivity index (χ1) is 12.4. The van der Waals surface area contributed by atoms with Crippen molar-refractivity contribution in [3.8, 4) is 0 Å². The number of amides is 1. The molecule has 2 aromatic carbocycles. The van der Waals surface area contributed by atoms with Gasteiger partial charge in [0.2, 0.25) is 5.91 Å². The number of carbonyl (C=O) groups excluding carboxylic acids is 3. The summed E-state index contributed by atoms with van der Waals surface area (Å²) in [6.45, 7) is 1.75. The average molecular weight is 355 g/mol.